The lowest BCUT2D eigenvalue weighted by Gasteiger charge is -2.41. The Balaban J connectivity index is 7.27. The first kappa shape index (κ1) is 33.0. The van der Waals surface area contributed by atoms with Crippen molar-refractivity contribution in [3.63, 3.8) is 0 Å². The van der Waals surface area contributed by atoms with Crippen LogP contribution in [0.5, 0.6) is 0 Å². The van der Waals surface area contributed by atoms with Crippen molar-refractivity contribution in [1.82, 2.24) is 0 Å². The number of rotatable bonds is 18. The van der Waals surface area contributed by atoms with Crippen LogP contribution < -0.4 is 0 Å². The van der Waals surface area contributed by atoms with Gasteiger partial charge in [-0.15, -0.1) is 0 Å². The highest BCUT2D eigenvalue weighted by Crippen LogP contribution is 2.37. The second-order valence-corrected chi connectivity index (χ2v) is 8.65. The molecule has 0 aromatic carbocycles. The molecule has 0 radical (unpaired) electrons. The first-order valence-corrected chi connectivity index (χ1v) is 11.7. The Morgan fingerprint density at radius 1 is 0.771 bits per heavy atom. The summed E-state index contributed by atoms with van der Waals surface area (Å²) in [6.45, 7) is 12.0. The lowest BCUT2D eigenvalue weighted by molar-refractivity contribution is -0.250. The number of ketones is 4. The SMILES string of the molecule is CCCC(C(=O)C(OCC)(OC(C)C)C(C)=O)C(O)(C(=O)O)C(=O)C(OCC)(OC(C)C)C(C)=O. The number of carbonyl (C=O) groups excluding carboxylic acids is 4. The molecule has 0 saturated carbocycles. The minimum Gasteiger partial charge on any atom is -0.479 e. The maximum Gasteiger partial charge on any atom is 0.344 e. The molecule has 0 rings (SSSR count). The van der Waals surface area contributed by atoms with Crippen molar-refractivity contribution in [2.75, 3.05) is 13.2 Å². The molecular weight excluding hydrogens is 464 g/mol. The zero-order valence-corrected chi connectivity index (χ0v) is 22.1. The molecular formula is C24H40O11. The van der Waals surface area contributed by atoms with Crippen LogP contribution in [0.3, 0.4) is 0 Å². The van der Waals surface area contributed by atoms with Crippen LogP contribution in [-0.2, 0) is 42.9 Å². The number of hydrogen-bond donors (Lipinski definition) is 2. The Bertz CT molecular complexity index is 790. The predicted octanol–water partition coefficient (Wildman–Crippen LogP) is 1.85. The van der Waals surface area contributed by atoms with Gasteiger partial charge in [0.1, 0.15) is 0 Å². The van der Waals surface area contributed by atoms with E-state index in [9.17, 15) is 34.2 Å². The van der Waals surface area contributed by atoms with E-state index in [2.05, 4.69) is 0 Å². The van der Waals surface area contributed by atoms with Gasteiger partial charge in [-0.3, -0.25) is 19.2 Å². The lowest BCUT2D eigenvalue weighted by atomic mass is 9.72. The molecule has 2 N–H and O–H groups in total. The highest BCUT2D eigenvalue weighted by molar-refractivity contribution is 6.22. The summed E-state index contributed by atoms with van der Waals surface area (Å²) in [4.78, 5) is 65.4. The van der Waals surface area contributed by atoms with Gasteiger partial charge in [-0.05, 0) is 48.0 Å². The van der Waals surface area contributed by atoms with Crippen LogP contribution in [0.4, 0.5) is 0 Å². The second-order valence-electron chi connectivity index (χ2n) is 8.65. The molecule has 0 aromatic heterocycles. The second kappa shape index (κ2) is 13.3. The topological polar surface area (TPSA) is 163 Å². The molecule has 4 atom stereocenters. The third-order valence-corrected chi connectivity index (χ3v) is 5.12. The monoisotopic (exact) mass is 504 g/mol. The number of hydrogen-bond acceptors (Lipinski definition) is 10. The molecule has 0 aliphatic carbocycles. The smallest absolute Gasteiger partial charge is 0.344 e. The third-order valence-electron chi connectivity index (χ3n) is 5.12. The normalized spacial score (nSPS) is 17.8. The molecule has 11 nitrogen and oxygen atoms in total. The van der Waals surface area contributed by atoms with E-state index in [1.807, 2.05) is 0 Å². The minimum atomic E-state index is -3.53. The van der Waals surface area contributed by atoms with Gasteiger partial charge in [0.25, 0.3) is 11.6 Å². The predicted molar refractivity (Wildman–Crippen MR) is 124 cm³/mol. The van der Waals surface area contributed by atoms with Crippen LogP contribution in [0.15, 0.2) is 0 Å². The van der Waals surface area contributed by atoms with E-state index in [1.54, 1.807) is 6.92 Å². The standard InChI is InChI=1S/C24H40O11/c1-10-13-18(19(27)23(16(8)25,32-11-2)34-14(4)5)22(31,21(29)30)20(28)24(17(9)26,33-12-3)35-15(6)7/h14-15,18,31H,10-13H2,1-9H3,(H,29,30). The van der Waals surface area contributed by atoms with Crippen LogP contribution >= 0.6 is 0 Å². The summed E-state index contributed by atoms with van der Waals surface area (Å²) in [7, 11) is 0. The zero-order valence-electron chi connectivity index (χ0n) is 22.1. The molecule has 11 heteroatoms. The van der Waals surface area contributed by atoms with Crippen LogP contribution in [0, 0.1) is 5.92 Å². The van der Waals surface area contributed by atoms with E-state index in [1.165, 1.54) is 41.5 Å². The molecule has 4 unspecified atom stereocenters. The molecule has 202 valence electrons. The molecule has 0 spiro atoms. The Hall–Kier alpha value is -2.05. The summed E-state index contributed by atoms with van der Waals surface area (Å²) in [5, 5.41) is 21.6. The van der Waals surface area contributed by atoms with Gasteiger partial charge >= 0.3 is 5.97 Å². The van der Waals surface area contributed by atoms with Gasteiger partial charge < -0.3 is 29.2 Å². The number of aliphatic hydroxyl groups is 1. The number of ether oxygens (including phenoxy) is 4. The summed E-state index contributed by atoms with van der Waals surface area (Å²) in [6, 6.07) is 0. The van der Waals surface area contributed by atoms with Gasteiger partial charge in [-0.25, -0.2) is 4.79 Å². The summed E-state index contributed by atoms with van der Waals surface area (Å²) in [6.07, 6.45) is -1.78. The average molecular weight is 505 g/mol. The number of aliphatic carboxylic acids is 1. The van der Waals surface area contributed by atoms with Crippen LogP contribution in [0.1, 0.15) is 75.2 Å². The van der Waals surface area contributed by atoms with E-state index < -0.39 is 64.4 Å². The molecule has 35 heavy (non-hydrogen) atoms. The van der Waals surface area contributed by atoms with Crippen LogP contribution in [0.25, 0.3) is 0 Å². The van der Waals surface area contributed by atoms with Gasteiger partial charge in [0, 0.05) is 27.1 Å². The zero-order chi connectivity index (χ0) is 27.8. The maximum absolute atomic E-state index is 13.8. The molecule has 0 amide bonds. The number of Topliss-reactive ketones (excluding diaryl/α,β-unsaturated/α-hetero) is 4. The van der Waals surface area contributed by atoms with E-state index in [0.29, 0.717) is 0 Å². The van der Waals surface area contributed by atoms with Crippen molar-refractivity contribution in [2.24, 2.45) is 5.92 Å². The van der Waals surface area contributed by atoms with Gasteiger partial charge in [-0.1, -0.05) is 13.3 Å². The molecule has 0 heterocycles. The lowest BCUT2D eigenvalue weighted by Crippen LogP contribution is -2.69. The van der Waals surface area contributed by atoms with Gasteiger partial charge in [-0.2, -0.15) is 0 Å². The largest absolute Gasteiger partial charge is 0.479 e. The van der Waals surface area contributed by atoms with E-state index in [4.69, 9.17) is 18.9 Å². The highest BCUT2D eigenvalue weighted by atomic mass is 16.7. The van der Waals surface area contributed by atoms with E-state index in [-0.39, 0.29) is 26.1 Å². The van der Waals surface area contributed by atoms with Crippen molar-refractivity contribution < 1.29 is 53.1 Å². The fourth-order valence-electron chi connectivity index (χ4n) is 3.79. The first-order chi connectivity index (χ1) is 16.0. The fraction of sp³-hybridized carbons (Fsp3) is 0.792. The van der Waals surface area contributed by atoms with Crippen molar-refractivity contribution in [3.8, 4) is 0 Å². The molecule has 0 fully saturated rings. The third kappa shape index (κ3) is 6.79. The minimum absolute atomic E-state index is 0.119. The molecule has 0 aliphatic heterocycles. The van der Waals surface area contributed by atoms with Crippen molar-refractivity contribution in [3.05, 3.63) is 0 Å². The van der Waals surface area contributed by atoms with Crippen LogP contribution in [0.2, 0.25) is 0 Å². The van der Waals surface area contributed by atoms with Gasteiger partial charge in [0.2, 0.25) is 17.2 Å². The van der Waals surface area contributed by atoms with Crippen molar-refractivity contribution >= 4 is 29.1 Å². The Labute approximate surface area is 206 Å². The van der Waals surface area contributed by atoms with Crippen molar-refractivity contribution in [2.45, 2.75) is 105 Å². The quantitative estimate of drug-likeness (QED) is 0.207. The maximum atomic E-state index is 13.8. The molecule has 0 saturated heterocycles. The molecule has 0 bridgehead atoms. The van der Waals surface area contributed by atoms with E-state index in [0.717, 1.165) is 13.8 Å². The number of carboxylic acid groups (broad SMARTS) is 1. The fourth-order valence-corrected chi connectivity index (χ4v) is 3.79. The summed E-state index contributed by atoms with van der Waals surface area (Å²) < 4.78 is 21.8. The summed E-state index contributed by atoms with van der Waals surface area (Å²) in [5.74, 6) is -14.5. The Morgan fingerprint density at radius 3 is 1.49 bits per heavy atom. The van der Waals surface area contributed by atoms with Gasteiger partial charge in [0.05, 0.1) is 18.1 Å². The van der Waals surface area contributed by atoms with E-state index >= 15 is 0 Å². The van der Waals surface area contributed by atoms with Crippen LogP contribution in [-0.4, -0.2) is 81.9 Å². The molecule has 0 aromatic rings. The Kier molecular flexibility index (Phi) is 12.5. The number of carbonyl (C=O) groups is 5. The summed E-state index contributed by atoms with van der Waals surface area (Å²) in [5.41, 5.74) is -3.53. The first-order valence-electron chi connectivity index (χ1n) is 11.7. The Morgan fingerprint density at radius 2 is 1.17 bits per heavy atom. The number of carboxylic acids is 1. The average Bonchev–Trinajstić information content (AvgIpc) is 2.74. The molecule has 0 aliphatic rings. The van der Waals surface area contributed by atoms with Gasteiger partial charge in [0.15, 0.2) is 11.6 Å². The van der Waals surface area contributed by atoms with Crippen molar-refractivity contribution in [1.29, 1.82) is 0 Å². The highest BCUT2D eigenvalue weighted by Gasteiger charge is 2.66. The summed E-state index contributed by atoms with van der Waals surface area (Å²) >= 11 is 0.